The predicted molar refractivity (Wildman–Crippen MR) is 110 cm³/mol. The third kappa shape index (κ3) is 1.61. The number of fused-ring (bicyclic) bond motifs is 2. The standard InChI is InChI=1S/C24H35N2O2/c1-4-6-11-26-18-12-15(14(5-2)23(26)28)20-19(26)13-24(22(20)27)16-9-7-8-10-17(16)25(3)21(18)24/h7-10,14-15,18-23,27-28H,4-6,11-13H2,1-3H3/q+1/t14-,15-,18-,19-,20+,21+,22+,23-,24+,26?/m0/s1. The lowest BCUT2D eigenvalue weighted by Gasteiger charge is -2.68. The van der Waals surface area contributed by atoms with E-state index in [4.69, 9.17) is 0 Å². The van der Waals surface area contributed by atoms with Crippen LogP contribution in [0.5, 0.6) is 0 Å². The van der Waals surface area contributed by atoms with Crippen LogP contribution in [0, 0.1) is 17.8 Å². The van der Waals surface area contributed by atoms with Crippen LogP contribution >= 0.6 is 0 Å². The van der Waals surface area contributed by atoms with E-state index in [-0.39, 0.29) is 17.7 Å². The molecule has 4 nitrogen and oxygen atoms in total. The van der Waals surface area contributed by atoms with E-state index in [0.29, 0.717) is 35.9 Å². The zero-order valence-electron chi connectivity index (χ0n) is 17.5. The molecule has 4 saturated heterocycles. The van der Waals surface area contributed by atoms with Crippen molar-refractivity contribution in [3.63, 3.8) is 0 Å². The second-order valence-electron chi connectivity index (χ2n) is 10.4. The number of anilines is 1. The van der Waals surface area contributed by atoms with Crippen LogP contribution in [0.15, 0.2) is 24.3 Å². The molecule has 1 saturated carbocycles. The van der Waals surface area contributed by atoms with E-state index < -0.39 is 0 Å². The van der Waals surface area contributed by atoms with Crippen LogP contribution in [-0.2, 0) is 5.41 Å². The molecule has 0 amide bonds. The Bertz CT molecular complexity index is 814. The first kappa shape index (κ1) is 17.7. The van der Waals surface area contributed by atoms with Gasteiger partial charge in [0.15, 0.2) is 6.23 Å². The van der Waals surface area contributed by atoms with Crippen LogP contribution < -0.4 is 4.90 Å². The number of quaternary nitrogens is 1. The van der Waals surface area contributed by atoms with Gasteiger partial charge >= 0.3 is 0 Å². The SMILES string of the molecule is CCCC[N+]12[C@@H](O)[C@@H](CC)[C@@H]3C[C@H]1[C@H]1N(C)c4ccccc4[C@]14C[C@H]2[C@@H]3[C@H]4O. The van der Waals surface area contributed by atoms with E-state index in [1.54, 1.807) is 0 Å². The summed E-state index contributed by atoms with van der Waals surface area (Å²) in [6, 6.07) is 10.00. The Hall–Kier alpha value is -1.10. The third-order valence-corrected chi connectivity index (χ3v) is 10.0. The van der Waals surface area contributed by atoms with E-state index in [1.165, 1.54) is 30.5 Å². The molecule has 5 aliphatic heterocycles. The highest BCUT2D eigenvalue weighted by atomic mass is 16.3. The van der Waals surface area contributed by atoms with Gasteiger partial charge in [0.2, 0.25) is 0 Å². The van der Waals surface area contributed by atoms with Crippen LogP contribution in [0.25, 0.3) is 0 Å². The zero-order chi connectivity index (χ0) is 19.4. The molecule has 10 atom stereocenters. The van der Waals surface area contributed by atoms with Gasteiger partial charge in [0.05, 0.1) is 30.1 Å². The highest BCUT2D eigenvalue weighted by molar-refractivity contribution is 5.66. The van der Waals surface area contributed by atoms with Crippen molar-refractivity contribution in [1.82, 2.24) is 0 Å². The molecule has 1 aromatic carbocycles. The molecular formula is C24H35N2O2+. The third-order valence-electron chi connectivity index (χ3n) is 10.0. The number of hydrogen-bond donors (Lipinski definition) is 2. The van der Waals surface area contributed by atoms with Gasteiger partial charge in [-0.15, -0.1) is 0 Å². The quantitative estimate of drug-likeness (QED) is 0.786. The Morgan fingerprint density at radius 1 is 1.18 bits per heavy atom. The Kier molecular flexibility index (Phi) is 3.50. The maximum atomic E-state index is 12.0. The van der Waals surface area contributed by atoms with Gasteiger partial charge in [-0.2, -0.15) is 0 Å². The number of piperidine rings is 4. The van der Waals surface area contributed by atoms with Gasteiger partial charge in [-0.05, 0) is 30.4 Å². The molecular weight excluding hydrogens is 348 g/mol. The molecule has 152 valence electrons. The first-order valence-corrected chi connectivity index (χ1v) is 11.6. The largest absolute Gasteiger partial charge is 0.392 e. The van der Waals surface area contributed by atoms with E-state index in [1.807, 2.05) is 0 Å². The lowest BCUT2D eigenvalue weighted by atomic mass is 9.60. The van der Waals surface area contributed by atoms with Crippen molar-refractivity contribution in [1.29, 1.82) is 0 Å². The summed E-state index contributed by atoms with van der Waals surface area (Å²) in [6.07, 6.45) is 5.09. The normalized spacial score (nSPS) is 52.2. The lowest BCUT2D eigenvalue weighted by Crippen LogP contribution is -2.83. The summed E-state index contributed by atoms with van der Waals surface area (Å²) in [4.78, 5) is 2.49. The topological polar surface area (TPSA) is 43.7 Å². The van der Waals surface area contributed by atoms with Gasteiger partial charge in [0, 0.05) is 37.4 Å². The van der Waals surface area contributed by atoms with Crippen LogP contribution in [0.2, 0.25) is 0 Å². The predicted octanol–water partition coefficient (Wildman–Crippen LogP) is 2.87. The number of nitrogens with zero attached hydrogens (tertiary/aromatic N) is 2. The lowest BCUT2D eigenvalue weighted by molar-refractivity contribution is -1.04. The zero-order valence-corrected chi connectivity index (χ0v) is 17.5. The average molecular weight is 384 g/mol. The maximum Gasteiger partial charge on any atom is 0.194 e. The van der Waals surface area contributed by atoms with E-state index in [2.05, 4.69) is 50.1 Å². The number of unbranched alkanes of at least 4 members (excludes halogenated alkanes) is 1. The highest BCUT2D eigenvalue weighted by Crippen LogP contribution is 2.71. The Labute approximate surface area is 168 Å². The first-order chi connectivity index (χ1) is 13.5. The number of aliphatic hydroxyl groups excluding tert-OH is 2. The summed E-state index contributed by atoms with van der Waals surface area (Å²) in [5.74, 6) is 1.18. The first-order valence-electron chi connectivity index (χ1n) is 11.6. The molecule has 1 spiro atoms. The fourth-order valence-electron chi connectivity index (χ4n) is 9.27. The van der Waals surface area contributed by atoms with Crippen molar-refractivity contribution < 1.29 is 14.7 Å². The van der Waals surface area contributed by atoms with Crippen LogP contribution in [0.4, 0.5) is 5.69 Å². The second kappa shape index (κ2) is 5.53. The van der Waals surface area contributed by atoms with Gasteiger partial charge in [-0.3, -0.25) is 4.48 Å². The number of benzene rings is 1. The second-order valence-corrected chi connectivity index (χ2v) is 10.4. The van der Waals surface area contributed by atoms with Crippen molar-refractivity contribution >= 4 is 5.69 Å². The fraction of sp³-hybridized carbons (Fsp3) is 0.750. The number of para-hydroxylation sites is 1. The Balaban J connectivity index is 1.59. The number of likely N-dealkylation sites (N-methyl/N-ethyl adjacent to an activating group) is 1. The van der Waals surface area contributed by atoms with E-state index in [0.717, 1.165) is 23.9 Å². The monoisotopic (exact) mass is 383 g/mol. The molecule has 5 heterocycles. The van der Waals surface area contributed by atoms with Gasteiger partial charge in [0.1, 0.15) is 6.04 Å². The molecule has 1 aliphatic carbocycles. The van der Waals surface area contributed by atoms with Crippen molar-refractivity contribution in [3.8, 4) is 0 Å². The smallest absolute Gasteiger partial charge is 0.194 e. The van der Waals surface area contributed by atoms with Crippen molar-refractivity contribution in [2.24, 2.45) is 17.8 Å². The maximum absolute atomic E-state index is 12.0. The molecule has 0 radical (unpaired) electrons. The summed E-state index contributed by atoms with van der Waals surface area (Å²) in [6.45, 7) is 5.59. The van der Waals surface area contributed by atoms with Gasteiger partial charge in [0.25, 0.3) is 0 Å². The molecule has 5 fully saturated rings. The molecule has 2 N–H and O–H groups in total. The molecule has 7 rings (SSSR count). The Morgan fingerprint density at radius 3 is 2.71 bits per heavy atom. The summed E-state index contributed by atoms with van der Waals surface area (Å²) >= 11 is 0. The molecule has 4 heteroatoms. The fourth-order valence-corrected chi connectivity index (χ4v) is 9.27. The summed E-state index contributed by atoms with van der Waals surface area (Å²) in [5, 5.41) is 23.7. The molecule has 0 aromatic heterocycles. The van der Waals surface area contributed by atoms with Gasteiger partial charge < -0.3 is 15.1 Å². The number of hydrogen-bond acceptors (Lipinski definition) is 3. The minimum Gasteiger partial charge on any atom is -0.392 e. The van der Waals surface area contributed by atoms with Gasteiger partial charge in [-0.1, -0.05) is 38.5 Å². The van der Waals surface area contributed by atoms with Crippen LogP contribution in [0.1, 0.15) is 51.5 Å². The molecule has 6 aliphatic rings. The highest BCUT2D eigenvalue weighted by Gasteiger charge is 2.82. The van der Waals surface area contributed by atoms with Gasteiger partial charge in [-0.25, -0.2) is 0 Å². The number of rotatable bonds is 4. The van der Waals surface area contributed by atoms with Crippen molar-refractivity contribution in [2.75, 3.05) is 18.5 Å². The van der Waals surface area contributed by atoms with Crippen molar-refractivity contribution in [3.05, 3.63) is 29.8 Å². The summed E-state index contributed by atoms with van der Waals surface area (Å²) in [5.41, 5.74) is 2.56. The minimum atomic E-state index is -0.272. The summed E-state index contributed by atoms with van der Waals surface area (Å²) in [7, 11) is 2.24. The molecule has 1 unspecified atom stereocenters. The van der Waals surface area contributed by atoms with Crippen LogP contribution in [0.3, 0.4) is 0 Å². The number of aliphatic hydroxyl groups is 2. The Morgan fingerprint density at radius 2 is 1.96 bits per heavy atom. The minimum absolute atomic E-state index is 0.129. The molecule has 1 aromatic rings. The van der Waals surface area contributed by atoms with Crippen molar-refractivity contribution in [2.45, 2.75) is 81.8 Å². The molecule has 5 bridgehead atoms. The van der Waals surface area contributed by atoms with E-state index in [9.17, 15) is 10.2 Å². The van der Waals surface area contributed by atoms with E-state index >= 15 is 0 Å². The average Bonchev–Trinajstić information content (AvgIpc) is 3.09. The summed E-state index contributed by atoms with van der Waals surface area (Å²) < 4.78 is 0.884. The molecule has 28 heavy (non-hydrogen) atoms. The van der Waals surface area contributed by atoms with Crippen LogP contribution in [-0.4, -0.2) is 58.7 Å².